The van der Waals surface area contributed by atoms with Gasteiger partial charge in [0.05, 0.1) is 49.0 Å². The van der Waals surface area contributed by atoms with Gasteiger partial charge in [-0.15, -0.1) is 0 Å². The van der Waals surface area contributed by atoms with Gasteiger partial charge >= 0.3 is 0 Å². The summed E-state index contributed by atoms with van der Waals surface area (Å²) in [6.07, 6.45) is 14.6. The lowest BCUT2D eigenvalue weighted by Gasteiger charge is -2.41. The molecular weight excluding hydrogens is 1100 g/mol. The van der Waals surface area contributed by atoms with Crippen molar-refractivity contribution in [3.05, 3.63) is 111 Å². The summed E-state index contributed by atoms with van der Waals surface area (Å²) in [6, 6.07) is 19.1. The average molecular weight is 1210 g/mol. The maximum absolute atomic E-state index is 15.1. The number of nitrogens with one attached hydrogen (secondary N) is 3. The number of H-pyrrole nitrogens is 1. The Kier molecular flexibility index (Phi) is 29.8. The van der Waals surface area contributed by atoms with Crippen LogP contribution in [-0.4, -0.2) is 193 Å². The predicted octanol–water partition coefficient (Wildman–Crippen LogP) is 9.53. The van der Waals surface area contributed by atoms with Crippen LogP contribution in [0.15, 0.2) is 71.5 Å². The van der Waals surface area contributed by atoms with E-state index in [2.05, 4.69) is 64.4 Å². The van der Waals surface area contributed by atoms with Crippen LogP contribution in [0.1, 0.15) is 182 Å². The van der Waals surface area contributed by atoms with Crippen LogP contribution >= 0.6 is 0 Å². The molecule has 2 atom stereocenters. The monoisotopic (exact) mass is 1200 g/mol. The molecule has 6 heterocycles. The van der Waals surface area contributed by atoms with Crippen LogP contribution in [0.4, 0.5) is 4.39 Å². The Bertz CT molecular complexity index is 2810. The second-order valence-corrected chi connectivity index (χ2v) is 23.9. The Labute approximate surface area is 518 Å². The molecule has 4 aromatic rings. The van der Waals surface area contributed by atoms with Crippen molar-refractivity contribution in [1.82, 2.24) is 50.2 Å². The quantitative estimate of drug-likeness (QED) is 0.0915. The lowest BCUT2D eigenvalue weighted by molar-refractivity contribution is -0.137. The fraction of sp³-hybridized carbons (Fsp3) is 0.638. The normalized spacial score (nSPS) is 19.1. The molecule has 3 N–H and O–H groups in total. The molecule has 17 nitrogen and oxygen atoms in total. The largest absolute Gasteiger partial charge is 0.378 e. The zero-order valence-electron chi connectivity index (χ0n) is 54.0. The first kappa shape index (κ1) is 70.0. The average Bonchev–Trinajstić information content (AvgIpc) is 3.05. The minimum atomic E-state index is -0.606. The Morgan fingerprint density at radius 3 is 1.98 bits per heavy atom. The third-order valence-corrected chi connectivity index (χ3v) is 17.5. The van der Waals surface area contributed by atoms with E-state index in [1.807, 2.05) is 72.7 Å². The number of aromatic amines is 1. The van der Waals surface area contributed by atoms with Crippen molar-refractivity contribution in [1.29, 1.82) is 0 Å². The second-order valence-electron chi connectivity index (χ2n) is 23.9. The molecule has 3 aromatic carbocycles. The summed E-state index contributed by atoms with van der Waals surface area (Å²) in [5.41, 5.74) is 2.61. The molecule has 0 spiro atoms. The summed E-state index contributed by atoms with van der Waals surface area (Å²) < 4.78 is 20.4. The van der Waals surface area contributed by atoms with Crippen molar-refractivity contribution in [2.24, 2.45) is 11.8 Å². The number of ether oxygens (including phenoxy) is 1. The van der Waals surface area contributed by atoms with E-state index in [1.54, 1.807) is 29.2 Å². The fourth-order valence-corrected chi connectivity index (χ4v) is 12.5. The van der Waals surface area contributed by atoms with Crippen LogP contribution in [0.2, 0.25) is 0 Å². The van der Waals surface area contributed by atoms with Crippen molar-refractivity contribution in [2.75, 3.05) is 111 Å². The van der Waals surface area contributed by atoms with Gasteiger partial charge in [-0.05, 0) is 105 Å². The highest BCUT2D eigenvalue weighted by Crippen LogP contribution is 2.31. The summed E-state index contributed by atoms with van der Waals surface area (Å²) in [5, 5.41) is 14.5. The third kappa shape index (κ3) is 20.5. The number of carbonyl (C=O) groups is 5. The van der Waals surface area contributed by atoms with Gasteiger partial charge in [-0.3, -0.25) is 38.6 Å². The van der Waals surface area contributed by atoms with Crippen molar-refractivity contribution in [3.63, 3.8) is 0 Å². The third-order valence-electron chi connectivity index (χ3n) is 17.5. The molecule has 18 heteroatoms. The Morgan fingerprint density at radius 2 is 1.33 bits per heavy atom. The molecule has 1 aliphatic carbocycles. The number of aromatic nitrogens is 2. The molecule has 1 aromatic heterocycles. The van der Waals surface area contributed by atoms with Crippen LogP contribution in [0.25, 0.3) is 10.8 Å². The summed E-state index contributed by atoms with van der Waals surface area (Å²) in [6.45, 7) is 26.7. The van der Waals surface area contributed by atoms with Crippen LogP contribution < -0.4 is 16.2 Å². The van der Waals surface area contributed by atoms with Gasteiger partial charge in [0.1, 0.15) is 11.9 Å². The maximum atomic E-state index is 15.1. The number of hydrogen-bond donors (Lipinski definition) is 3. The van der Waals surface area contributed by atoms with Gasteiger partial charge in [-0.2, -0.15) is 5.10 Å². The number of nitrogens with zero attached hydrogens (tertiary/aromatic N) is 7. The highest BCUT2D eigenvalue weighted by Gasteiger charge is 2.37. The smallest absolute Gasteiger partial charge is 0.272 e. The van der Waals surface area contributed by atoms with Gasteiger partial charge < -0.3 is 35.0 Å². The number of hydrogen-bond acceptors (Lipinski definition) is 11. The molecule has 5 saturated heterocycles. The van der Waals surface area contributed by atoms with Gasteiger partial charge in [-0.1, -0.05) is 137 Å². The van der Waals surface area contributed by atoms with Crippen LogP contribution in [0, 0.1) is 17.7 Å². The molecule has 0 radical (unpaired) electrons. The van der Waals surface area contributed by atoms with E-state index in [0.29, 0.717) is 112 Å². The first-order valence-corrected chi connectivity index (χ1v) is 33.4. The Balaban J connectivity index is 0.000000933. The summed E-state index contributed by atoms with van der Waals surface area (Å²) in [5.74, 6) is -0.353. The lowest BCUT2D eigenvalue weighted by Crippen LogP contribution is -2.57. The zero-order valence-corrected chi connectivity index (χ0v) is 54.0. The number of fused-ring (bicyclic) bond motifs is 1. The van der Waals surface area contributed by atoms with Gasteiger partial charge in [-0.25, -0.2) is 9.49 Å². The van der Waals surface area contributed by atoms with Crippen LogP contribution in [-0.2, 0) is 25.5 Å². The molecular formula is C69H105FN10O7. The summed E-state index contributed by atoms with van der Waals surface area (Å²) in [4.78, 5) is 92.9. The van der Waals surface area contributed by atoms with Gasteiger partial charge in [0, 0.05) is 95.3 Å². The van der Waals surface area contributed by atoms with E-state index in [9.17, 15) is 28.8 Å². The highest BCUT2D eigenvalue weighted by atomic mass is 19.1. The molecule has 480 valence electrons. The molecule has 5 aliphatic heterocycles. The minimum absolute atomic E-state index is 0.0202. The molecule has 5 amide bonds. The van der Waals surface area contributed by atoms with E-state index in [1.165, 1.54) is 31.7 Å². The molecule has 1 saturated carbocycles. The number of amides is 5. The molecule has 10 rings (SSSR count). The number of carbonyl (C=O) groups excluding carboxylic acids is 5. The lowest BCUT2D eigenvalue weighted by atomic mass is 9.83. The van der Waals surface area contributed by atoms with Crippen LogP contribution in [0.5, 0.6) is 0 Å². The number of piperazine rings is 2. The summed E-state index contributed by atoms with van der Waals surface area (Å²) >= 11 is 0. The zero-order chi connectivity index (χ0) is 62.7. The number of benzene rings is 3. The van der Waals surface area contributed by atoms with Crippen molar-refractivity contribution in [2.45, 2.75) is 163 Å². The van der Waals surface area contributed by atoms with Gasteiger partial charge in [0.25, 0.3) is 17.4 Å². The maximum Gasteiger partial charge on any atom is 0.272 e. The molecule has 87 heavy (non-hydrogen) atoms. The SMILES string of the molecule is CC.CC.CCC.CCCCC.O=C(NC(C(=O)N1CCN(CC2CCN(CC(=O)N3CCN(C(=O)c4cc(Cc5n[nH]c(=O)c6ccccc56)ccc4F)CC3)CC2)CC1)C1CCCCC1)c1cccc(C2CCCN(C(=O)CNC3COC3)C2)c1. The fourth-order valence-electron chi connectivity index (χ4n) is 12.5. The van der Waals surface area contributed by atoms with Crippen molar-refractivity contribution < 1.29 is 33.1 Å². The standard InChI is InChI=1S/C57H73FN10O7.C5H12.C3H8.2C2H6/c58-49-16-15-40(31-50-46-13-4-5-14-47(46)55(72)62-61-50)30-48(49)56(73)66-28-26-65(27-29-66)52(70)36-63-20-17-39(18-21-63)34-64-22-24-67(25-23-64)57(74)53(41-8-2-1-3-9-41)60-54(71)43-11-6-10-42(32-43)44-12-7-19-68(35-44)51(69)33-59-45-37-75-38-45;1-3-5-4-2;1-3-2;2*1-2/h4-6,10-11,13-16,30,32,39,41,44-45,53,59H,1-3,7-9,12,17-29,31,33-38H2,(H,60,71)(H,62,72);3-5H2,1-2H3;3H2,1-2H3;2*1-2H3. The molecule has 0 bridgehead atoms. The predicted molar refractivity (Wildman–Crippen MR) is 346 cm³/mol. The topological polar surface area (TPSA) is 184 Å². The Hall–Kier alpha value is -6.08. The minimum Gasteiger partial charge on any atom is -0.378 e. The van der Waals surface area contributed by atoms with Crippen molar-refractivity contribution >= 4 is 40.3 Å². The van der Waals surface area contributed by atoms with Gasteiger partial charge in [0.15, 0.2) is 0 Å². The van der Waals surface area contributed by atoms with Crippen molar-refractivity contribution in [3.8, 4) is 0 Å². The van der Waals surface area contributed by atoms with Crippen LogP contribution in [0.3, 0.4) is 0 Å². The number of piperidine rings is 2. The number of rotatable bonds is 17. The van der Waals surface area contributed by atoms with E-state index >= 15 is 4.39 Å². The van der Waals surface area contributed by atoms with E-state index in [-0.39, 0.29) is 52.6 Å². The van der Waals surface area contributed by atoms with E-state index < -0.39 is 17.8 Å². The first-order chi connectivity index (χ1) is 42.3. The number of halogens is 1. The van der Waals surface area contributed by atoms with E-state index in [4.69, 9.17) is 4.74 Å². The van der Waals surface area contributed by atoms with Gasteiger partial charge in [0.2, 0.25) is 17.7 Å². The number of unbranched alkanes of at least 4 members (excludes halogenated alkanes) is 2. The molecule has 2 unspecified atom stereocenters. The highest BCUT2D eigenvalue weighted by molar-refractivity contribution is 5.98. The first-order valence-electron chi connectivity index (χ1n) is 33.4. The molecule has 6 aliphatic rings. The number of likely N-dealkylation sites (tertiary alicyclic amines) is 2. The second kappa shape index (κ2) is 37.0. The Morgan fingerprint density at radius 1 is 0.678 bits per heavy atom. The summed E-state index contributed by atoms with van der Waals surface area (Å²) in [7, 11) is 0. The van der Waals surface area contributed by atoms with E-state index in [0.717, 1.165) is 103 Å². The molecule has 6 fully saturated rings.